The quantitative estimate of drug-likeness (QED) is 0.332. The lowest BCUT2D eigenvalue weighted by atomic mass is 10.0. The molecule has 0 bridgehead atoms. The van der Waals surface area contributed by atoms with Gasteiger partial charge in [0.05, 0.1) is 11.4 Å². The standard InChI is InChI=1S/C30H40N4O6/c1-28(2,3)38-25(35)33-23(20-16-13-17-21(31)18-20)22(19-14-11-10-12-15-19)32-24(33)34(26(36)39-29(4,5)6)27(37)40-30(7,8)9/h10-18,24,32H,31H2,1-9H3. The van der Waals surface area contributed by atoms with E-state index in [-0.39, 0.29) is 0 Å². The maximum Gasteiger partial charge on any atom is 0.423 e. The molecule has 3 N–H and O–H groups in total. The van der Waals surface area contributed by atoms with Crippen molar-refractivity contribution in [2.75, 3.05) is 5.73 Å². The molecule has 10 nitrogen and oxygen atoms in total. The Morgan fingerprint density at radius 1 is 0.750 bits per heavy atom. The largest absolute Gasteiger partial charge is 0.443 e. The molecule has 2 aromatic rings. The van der Waals surface area contributed by atoms with E-state index in [2.05, 4.69) is 5.32 Å². The van der Waals surface area contributed by atoms with Crippen molar-refractivity contribution in [1.29, 1.82) is 0 Å². The minimum atomic E-state index is -1.40. The number of carbonyl (C=O) groups excluding carboxylic acids is 3. The maximum atomic E-state index is 13.9. The lowest BCUT2D eigenvalue weighted by Crippen LogP contribution is -2.59. The highest BCUT2D eigenvalue weighted by Crippen LogP contribution is 2.38. The van der Waals surface area contributed by atoms with Gasteiger partial charge >= 0.3 is 18.3 Å². The van der Waals surface area contributed by atoms with Gasteiger partial charge in [0.25, 0.3) is 0 Å². The molecule has 0 aliphatic carbocycles. The lowest BCUT2D eigenvalue weighted by molar-refractivity contribution is -0.0276. The minimum absolute atomic E-state index is 0.356. The molecule has 2 aromatic carbocycles. The normalized spacial score (nSPS) is 15.8. The summed E-state index contributed by atoms with van der Waals surface area (Å²) in [6, 6.07) is 16.2. The van der Waals surface area contributed by atoms with Gasteiger partial charge in [-0.05, 0) is 80.0 Å². The molecule has 0 fully saturated rings. The summed E-state index contributed by atoms with van der Waals surface area (Å²) in [5, 5.41) is 3.21. The highest BCUT2D eigenvalue weighted by Gasteiger charge is 2.48. The highest BCUT2D eigenvalue weighted by atomic mass is 16.6. The molecule has 1 heterocycles. The van der Waals surface area contributed by atoms with E-state index < -0.39 is 41.4 Å². The zero-order valence-electron chi connectivity index (χ0n) is 24.7. The lowest BCUT2D eigenvalue weighted by Gasteiger charge is -2.36. The number of nitrogens with one attached hydrogen (secondary N) is 1. The molecule has 1 unspecified atom stereocenters. The van der Waals surface area contributed by atoms with Crippen LogP contribution in [0.4, 0.5) is 20.1 Å². The van der Waals surface area contributed by atoms with Gasteiger partial charge in [0.2, 0.25) is 6.29 Å². The zero-order chi connectivity index (χ0) is 30.0. The molecule has 40 heavy (non-hydrogen) atoms. The van der Waals surface area contributed by atoms with Crippen LogP contribution in [0, 0.1) is 0 Å². The van der Waals surface area contributed by atoms with Gasteiger partial charge in [-0.2, -0.15) is 4.90 Å². The van der Waals surface area contributed by atoms with Crippen molar-refractivity contribution in [3.63, 3.8) is 0 Å². The van der Waals surface area contributed by atoms with E-state index in [1.165, 1.54) is 4.90 Å². The molecule has 0 radical (unpaired) electrons. The van der Waals surface area contributed by atoms with Gasteiger partial charge in [0.15, 0.2) is 0 Å². The van der Waals surface area contributed by atoms with Gasteiger partial charge in [-0.1, -0.05) is 42.5 Å². The Morgan fingerprint density at radius 3 is 1.73 bits per heavy atom. The SMILES string of the molecule is CC(C)(C)OC(=O)N(C(=O)OC(C)(C)C)C1NC(c2ccccc2)=C(c2cccc(N)c2)N1C(=O)OC(C)(C)C. The molecule has 0 aromatic heterocycles. The van der Waals surface area contributed by atoms with Crippen LogP contribution in [0.2, 0.25) is 0 Å². The molecule has 0 spiro atoms. The van der Waals surface area contributed by atoms with E-state index >= 15 is 0 Å². The smallest absolute Gasteiger partial charge is 0.423 e. The molecule has 216 valence electrons. The zero-order valence-corrected chi connectivity index (χ0v) is 24.7. The number of ether oxygens (including phenoxy) is 3. The summed E-state index contributed by atoms with van der Waals surface area (Å²) in [6.45, 7) is 15.3. The highest BCUT2D eigenvalue weighted by molar-refractivity contribution is 6.00. The number of amides is 3. The molecule has 3 rings (SSSR count). The van der Waals surface area contributed by atoms with Crippen molar-refractivity contribution in [3.05, 3.63) is 65.7 Å². The second kappa shape index (κ2) is 11.1. The Hall–Kier alpha value is -4.21. The van der Waals surface area contributed by atoms with Crippen LogP contribution in [-0.4, -0.2) is 51.2 Å². The van der Waals surface area contributed by atoms with Crippen LogP contribution in [0.5, 0.6) is 0 Å². The Bertz CT molecular complexity index is 1260. The average Bonchev–Trinajstić information content (AvgIpc) is 3.16. The number of rotatable bonds is 3. The number of imide groups is 1. The van der Waals surface area contributed by atoms with Gasteiger partial charge < -0.3 is 25.3 Å². The minimum Gasteiger partial charge on any atom is -0.443 e. The van der Waals surface area contributed by atoms with E-state index in [0.717, 1.165) is 4.90 Å². The number of hydrogen-bond acceptors (Lipinski definition) is 8. The number of nitrogen functional groups attached to an aromatic ring is 1. The van der Waals surface area contributed by atoms with Crippen LogP contribution in [-0.2, 0) is 14.2 Å². The Kier molecular flexibility index (Phi) is 8.43. The third-order valence-electron chi connectivity index (χ3n) is 5.23. The van der Waals surface area contributed by atoms with Crippen LogP contribution in [0.15, 0.2) is 54.6 Å². The van der Waals surface area contributed by atoms with E-state index in [1.807, 2.05) is 30.3 Å². The van der Waals surface area contributed by atoms with Gasteiger partial charge in [-0.25, -0.2) is 19.3 Å². The summed E-state index contributed by atoms with van der Waals surface area (Å²) in [5.41, 5.74) is 5.90. The number of nitrogens with two attached hydrogens (primary N) is 1. The molecular weight excluding hydrogens is 512 g/mol. The van der Waals surface area contributed by atoms with E-state index in [0.29, 0.717) is 28.2 Å². The molecule has 0 saturated heterocycles. The molecule has 1 aliphatic heterocycles. The van der Waals surface area contributed by atoms with Crippen LogP contribution in [0.25, 0.3) is 11.4 Å². The average molecular weight is 553 g/mol. The van der Waals surface area contributed by atoms with Crippen LogP contribution >= 0.6 is 0 Å². The first kappa shape index (κ1) is 30.3. The molecule has 1 aliphatic rings. The maximum absolute atomic E-state index is 13.9. The number of benzene rings is 2. The number of nitrogens with zero attached hydrogens (tertiary/aromatic N) is 2. The van der Waals surface area contributed by atoms with Crippen molar-refractivity contribution < 1.29 is 28.6 Å². The molecule has 3 amide bonds. The van der Waals surface area contributed by atoms with Gasteiger partial charge in [-0.15, -0.1) is 0 Å². The van der Waals surface area contributed by atoms with Crippen LogP contribution in [0.1, 0.15) is 73.4 Å². The molecule has 10 heteroatoms. The third-order valence-corrected chi connectivity index (χ3v) is 5.23. The Labute approximate surface area is 236 Å². The van der Waals surface area contributed by atoms with Crippen molar-refractivity contribution in [3.8, 4) is 0 Å². The monoisotopic (exact) mass is 552 g/mol. The van der Waals surface area contributed by atoms with Crippen LogP contribution in [0.3, 0.4) is 0 Å². The predicted octanol–water partition coefficient (Wildman–Crippen LogP) is 6.39. The fourth-order valence-electron chi connectivity index (χ4n) is 3.88. The summed E-state index contributed by atoms with van der Waals surface area (Å²) < 4.78 is 17.0. The summed E-state index contributed by atoms with van der Waals surface area (Å²) in [4.78, 5) is 43.1. The fraction of sp³-hybridized carbons (Fsp3) is 0.433. The number of hydrogen-bond donors (Lipinski definition) is 2. The van der Waals surface area contributed by atoms with Crippen molar-refractivity contribution >= 4 is 35.4 Å². The summed E-state index contributed by atoms with van der Waals surface area (Å²) >= 11 is 0. The third kappa shape index (κ3) is 7.68. The second-order valence-corrected chi connectivity index (χ2v) is 12.4. The molecule has 1 atom stereocenters. The number of carbonyl (C=O) groups is 3. The van der Waals surface area contributed by atoms with Gasteiger partial charge in [0.1, 0.15) is 16.8 Å². The molecule has 0 saturated carbocycles. The fourth-order valence-corrected chi connectivity index (χ4v) is 3.88. The van der Waals surface area contributed by atoms with Crippen molar-refractivity contribution in [2.24, 2.45) is 0 Å². The van der Waals surface area contributed by atoms with Gasteiger partial charge in [-0.3, -0.25) is 0 Å². The first-order chi connectivity index (χ1) is 18.4. The van der Waals surface area contributed by atoms with E-state index in [4.69, 9.17) is 19.9 Å². The van der Waals surface area contributed by atoms with Crippen LogP contribution < -0.4 is 11.1 Å². The predicted molar refractivity (Wildman–Crippen MR) is 153 cm³/mol. The van der Waals surface area contributed by atoms with E-state index in [1.54, 1.807) is 86.6 Å². The van der Waals surface area contributed by atoms with Crippen molar-refractivity contribution in [1.82, 2.24) is 15.1 Å². The topological polar surface area (TPSA) is 123 Å². The summed E-state index contributed by atoms with van der Waals surface area (Å²) in [7, 11) is 0. The van der Waals surface area contributed by atoms with Gasteiger partial charge in [0, 0.05) is 11.3 Å². The number of anilines is 1. The Balaban J connectivity index is 2.29. The summed E-state index contributed by atoms with van der Waals surface area (Å²) in [5.74, 6) is 0. The first-order valence-corrected chi connectivity index (χ1v) is 13.1. The van der Waals surface area contributed by atoms with Crippen molar-refractivity contribution in [2.45, 2.75) is 85.4 Å². The van der Waals surface area contributed by atoms with E-state index in [9.17, 15) is 14.4 Å². The summed E-state index contributed by atoms with van der Waals surface area (Å²) in [6.07, 6.45) is -4.21. The Morgan fingerprint density at radius 2 is 1.25 bits per heavy atom. The molecular formula is C30H40N4O6. The first-order valence-electron chi connectivity index (χ1n) is 13.1. The second-order valence-electron chi connectivity index (χ2n) is 12.4.